The number of likely N-dealkylation sites (tertiary alicyclic amines) is 1. The first kappa shape index (κ1) is 28.9. The van der Waals surface area contributed by atoms with Crippen LogP contribution in [0.3, 0.4) is 0 Å². The minimum Gasteiger partial charge on any atom is -0.397 e. The zero-order valence-corrected chi connectivity index (χ0v) is 23.5. The third-order valence-corrected chi connectivity index (χ3v) is 8.76. The quantitative estimate of drug-likeness (QED) is 0.128. The van der Waals surface area contributed by atoms with Crippen molar-refractivity contribution in [1.29, 1.82) is 0 Å². The molecular weight excluding hydrogens is 563 g/mol. The van der Waals surface area contributed by atoms with Crippen LogP contribution in [0.15, 0.2) is 60.1 Å². The topological polar surface area (TPSA) is 94.4 Å². The Kier molecular flexibility index (Phi) is 6.86. The fourth-order valence-electron chi connectivity index (χ4n) is 5.45. The van der Waals surface area contributed by atoms with Gasteiger partial charge < -0.3 is 21.4 Å². The second kappa shape index (κ2) is 9.74. The summed E-state index contributed by atoms with van der Waals surface area (Å²) < 4.78 is 65.0. The number of benzene rings is 2. The summed E-state index contributed by atoms with van der Waals surface area (Å²) in [5.41, 5.74) is 17.4. The number of hydrazine groups is 1. The fourth-order valence-corrected chi connectivity index (χ4v) is 6.10. The van der Waals surface area contributed by atoms with Gasteiger partial charge in [-0.05, 0) is 61.7 Å². The van der Waals surface area contributed by atoms with Gasteiger partial charge in [0.15, 0.2) is 0 Å². The normalized spacial score (nSPS) is 21.1. The summed E-state index contributed by atoms with van der Waals surface area (Å²) >= 11 is 0. The van der Waals surface area contributed by atoms with Gasteiger partial charge in [0, 0.05) is 61.9 Å². The molecular formula is C27H33F5N8S. The third kappa shape index (κ3) is 6.34. The van der Waals surface area contributed by atoms with Gasteiger partial charge >= 0.3 is 10.2 Å². The summed E-state index contributed by atoms with van der Waals surface area (Å²) in [5.74, 6) is 0.195. The lowest BCUT2D eigenvalue weighted by Crippen LogP contribution is -2.46. The maximum absolute atomic E-state index is 13.0. The van der Waals surface area contributed by atoms with E-state index in [0.29, 0.717) is 37.0 Å². The van der Waals surface area contributed by atoms with Crippen LogP contribution < -0.4 is 21.9 Å². The van der Waals surface area contributed by atoms with Gasteiger partial charge in [0.05, 0.1) is 17.1 Å². The van der Waals surface area contributed by atoms with Crippen molar-refractivity contribution in [3.8, 4) is 0 Å². The molecule has 41 heavy (non-hydrogen) atoms. The molecule has 5 N–H and O–H groups in total. The van der Waals surface area contributed by atoms with Gasteiger partial charge in [-0.1, -0.05) is 32.1 Å². The Balaban J connectivity index is 1.20. The summed E-state index contributed by atoms with van der Waals surface area (Å²) in [6.07, 6.45) is 3.57. The molecule has 8 nitrogen and oxygen atoms in total. The number of nitrogens with zero attached hydrogens (tertiary/aromatic N) is 4. The van der Waals surface area contributed by atoms with Crippen LogP contribution in [-0.2, 0) is 13.1 Å². The third-order valence-electron chi connectivity index (χ3n) is 7.59. The van der Waals surface area contributed by atoms with Gasteiger partial charge in [0.2, 0.25) is 5.95 Å². The van der Waals surface area contributed by atoms with Gasteiger partial charge in [-0.2, -0.15) is 0 Å². The lowest BCUT2D eigenvalue weighted by molar-refractivity contribution is 0.102. The Hall–Kier alpha value is -3.62. The van der Waals surface area contributed by atoms with Crippen LogP contribution in [0, 0.1) is 0 Å². The molecule has 0 radical (unpaired) electrons. The molecule has 1 aromatic heterocycles. The molecule has 2 aliphatic rings. The van der Waals surface area contributed by atoms with Crippen molar-refractivity contribution in [2.45, 2.75) is 49.8 Å². The number of nitrogen functional groups attached to an aromatic ring is 1. The van der Waals surface area contributed by atoms with E-state index in [2.05, 4.69) is 49.4 Å². The van der Waals surface area contributed by atoms with Crippen LogP contribution in [0.4, 0.5) is 42.4 Å². The first-order valence-corrected chi connectivity index (χ1v) is 15.0. The van der Waals surface area contributed by atoms with Crippen molar-refractivity contribution in [3.63, 3.8) is 0 Å². The van der Waals surface area contributed by atoms with Gasteiger partial charge in [-0.3, -0.25) is 4.90 Å². The minimum absolute atomic E-state index is 0.182. The maximum atomic E-state index is 13.0. The Morgan fingerprint density at radius 3 is 2.46 bits per heavy atom. The molecule has 2 aromatic carbocycles. The fraction of sp³-hybridized carbons (Fsp3) is 0.333. The minimum atomic E-state index is -9.72. The molecule has 1 saturated heterocycles. The number of hydrogen-bond donors (Lipinski definition) is 4. The summed E-state index contributed by atoms with van der Waals surface area (Å²) in [5, 5.41) is 2.82. The average Bonchev–Trinajstić information content (AvgIpc) is 3.32. The zero-order chi connectivity index (χ0) is 29.6. The molecule has 14 heteroatoms. The average molecular weight is 597 g/mol. The number of halogens is 5. The molecule has 3 aromatic rings. The van der Waals surface area contributed by atoms with E-state index in [1.54, 1.807) is 13.2 Å². The summed E-state index contributed by atoms with van der Waals surface area (Å²) in [6, 6.07) is 9.02. The SMILES string of the molecule is C=C(c1ccc(N)c(NNC)c1)N1CC[C@@H](N2Cc3cnc(Nc4ccc(S(F)(F)(F)(F)F)cc4)nc3C2)C[C@H]1C. The summed E-state index contributed by atoms with van der Waals surface area (Å²) in [4.78, 5) is 11.6. The number of nitrogens with one attached hydrogen (secondary N) is 3. The van der Waals surface area contributed by atoms with Crippen molar-refractivity contribution >= 4 is 38.9 Å². The van der Waals surface area contributed by atoms with Gasteiger partial charge in [0.1, 0.15) is 4.90 Å². The second-order valence-corrected chi connectivity index (χ2v) is 12.9. The van der Waals surface area contributed by atoms with E-state index in [-0.39, 0.29) is 17.7 Å². The smallest absolute Gasteiger partial charge is 0.310 e. The standard InChI is InChI=1S/C27H33F5N8S/c1-17-12-22(10-11-40(17)18(2)19-4-9-24(33)25(13-19)38-34-3)39-15-20-14-35-27(37-26(20)16-39)36-21-5-7-23(8-6-21)41(28,29,30,31)32/h4-9,13-14,17,22,34,38H,2,10-12,15-16,33H2,1,3H3,(H,35,36,37)/t17-,22-/m1/s1. The number of anilines is 4. The van der Waals surface area contributed by atoms with Crippen LogP contribution in [-0.4, -0.2) is 45.4 Å². The largest absolute Gasteiger partial charge is 0.397 e. The Bertz CT molecular complexity index is 1470. The number of piperidine rings is 1. The zero-order valence-electron chi connectivity index (χ0n) is 22.7. The van der Waals surface area contributed by atoms with E-state index in [4.69, 9.17) is 5.73 Å². The highest BCUT2D eigenvalue weighted by atomic mass is 32.5. The van der Waals surface area contributed by atoms with Crippen LogP contribution in [0.2, 0.25) is 0 Å². The Morgan fingerprint density at radius 1 is 1.07 bits per heavy atom. The van der Waals surface area contributed by atoms with Crippen LogP contribution in [0.5, 0.6) is 0 Å². The van der Waals surface area contributed by atoms with Gasteiger partial charge in [0.25, 0.3) is 0 Å². The lowest BCUT2D eigenvalue weighted by atomic mass is 9.95. The van der Waals surface area contributed by atoms with E-state index in [1.807, 2.05) is 18.2 Å². The van der Waals surface area contributed by atoms with E-state index in [0.717, 1.165) is 59.7 Å². The maximum Gasteiger partial charge on any atom is 0.310 e. The highest BCUT2D eigenvalue weighted by Crippen LogP contribution is 3.02. The predicted molar refractivity (Wildman–Crippen MR) is 154 cm³/mol. The van der Waals surface area contributed by atoms with Gasteiger partial charge in [-0.15, -0.1) is 0 Å². The second-order valence-electron chi connectivity index (χ2n) is 10.5. The molecule has 0 amide bonds. The van der Waals surface area contributed by atoms with Crippen molar-refractivity contribution < 1.29 is 19.4 Å². The molecule has 5 rings (SSSR count). The van der Waals surface area contributed by atoms with Crippen LogP contribution in [0.25, 0.3) is 5.70 Å². The molecule has 0 aliphatic carbocycles. The lowest BCUT2D eigenvalue weighted by Gasteiger charge is -2.43. The van der Waals surface area contributed by atoms with Crippen molar-refractivity contribution in [2.24, 2.45) is 0 Å². The highest BCUT2D eigenvalue weighted by Gasteiger charge is 2.65. The molecule has 2 aliphatic heterocycles. The van der Waals surface area contributed by atoms with E-state index in [1.165, 1.54) is 0 Å². The molecule has 1 fully saturated rings. The molecule has 2 atom stereocenters. The molecule has 222 valence electrons. The van der Waals surface area contributed by atoms with Gasteiger partial charge in [-0.25, -0.2) is 15.4 Å². The van der Waals surface area contributed by atoms with E-state index >= 15 is 0 Å². The number of rotatable bonds is 8. The predicted octanol–water partition coefficient (Wildman–Crippen LogP) is 6.85. The van der Waals surface area contributed by atoms with Crippen molar-refractivity contribution in [2.75, 3.05) is 30.1 Å². The highest BCUT2D eigenvalue weighted by molar-refractivity contribution is 8.45. The van der Waals surface area contributed by atoms with Crippen molar-refractivity contribution in [3.05, 3.63) is 72.1 Å². The number of hydrogen-bond acceptors (Lipinski definition) is 8. The Morgan fingerprint density at radius 2 is 1.80 bits per heavy atom. The molecule has 0 spiro atoms. The number of fused-ring (bicyclic) bond motifs is 1. The molecule has 3 heterocycles. The molecule has 0 unspecified atom stereocenters. The van der Waals surface area contributed by atoms with E-state index in [9.17, 15) is 19.4 Å². The number of aromatic nitrogens is 2. The molecule has 0 saturated carbocycles. The first-order chi connectivity index (χ1) is 19.1. The van der Waals surface area contributed by atoms with Crippen LogP contribution >= 0.6 is 10.2 Å². The summed E-state index contributed by atoms with van der Waals surface area (Å²) in [7, 11) is -7.94. The monoisotopic (exact) mass is 596 g/mol. The van der Waals surface area contributed by atoms with E-state index < -0.39 is 15.1 Å². The Labute approximate surface area is 235 Å². The first-order valence-electron chi connectivity index (χ1n) is 13.1. The molecule has 0 bridgehead atoms. The van der Waals surface area contributed by atoms with Crippen LogP contribution in [0.1, 0.15) is 36.6 Å². The summed E-state index contributed by atoms with van der Waals surface area (Å²) in [6.45, 7) is 8.70. The number of nitrogens with two attached hydrogens (primary N) is 1. The van der Waals surface area contributed by atoms with Crippen molar-refractivity contribution in [1.82, 2.24) is 25.2 Å².